The molecule has 3 aromatic rings. The second-order valence-electron chi connectivity index (χ2n) is 6.85. The lowest BCUT2D eigenvalue weighted by atomic mass is 10.1. The number of sulfone groups is 2. The fraction of sp³-hybridized carbons (Fsp3) is 0.0909. The Labute approximate surface area is 180 Å². The number of nitriles is 2. The van der Waals surface area contributed by atoms with E-state index < -0.39 is 19.7 Å². The normalized spacial score (nSPS) is 13.0. The lowest BCUT2D eigenvalue weighted by Gasteiger charge is -2.06. The summed E-state index contributed by atoms with van der Waals surface area (Å²) in [5, 5.41) is 19.0. The maximum Gasteiger partial charge on any atom is 0.185 e. The van der Waals surface area contributed by atoms with E-state index in [0.29, 0.717) is 11.1 Å². The highest BCUT2D eigenvalue weighted by molar-refractivity contribution is 7.95. The third kappa shape index (κ3) is 4.75. The Morgan fingerprint density at radius 3 is 1.94 bits per heavy atom. The minimum atomic E-state index is -3.66. The van der Waals surface area contributed by atoms with Crippen LogP contribution in [0.15, 0.2) is 64.5 Å². The summed E-state index contributed by atoms with van der Waals surface area (Å²) in [6.45, 7) is 0. The summed E-state index contributed by atoms with van der Waals surface area (Å²) in [6.07, 6.45) is 6.33. The fourth-order valence-corrected chi connectivity index (χ4v) is 4.03. The van der Waals surface area contributed by atoms with Crippen LogP contribution in [0.4, 0.5) is 0 Å². The highest BCUT2D eigenvalue weighted by atomic mass is 32.2. The Morgan fingerprint density at radius 2 is 1.39 bits per heavy atom. The smallest absolute Gasteiger partial charge is 0.185 e. The van der Waals surface area contributed by atoms with Crippen molar-refractivity contribution in [2.75, 3.05) is 12.5 Å². The molecule has 1 aromatic heterocycles. The largest absolute Gasteiger partial charge is 0.316 e. The molecule has 0 unspecified atom stereocenters. The van der Waals surface area contributed by atoms with Crippen LogP contribution in [0.25, 0.3) is 28.7 Å². The fourth-order valence-electron chi connectivity index (χ4n) is 3.00. The Bertz CT molecular complexity index is 1530. The number of rotatable bonds is 5. The van der Waals surface area contributed by atoms with Gasteiger partial charge < -0.3 is 4.57 Å². The van der Waals surface area contributed by atoms with Crippen molar-refractivity contribution in [2.45, 2.75) is 0 Å². The van der Waals surface area contributed by atoms with Crippen molar-refractivity contribution in [3.05, 3.63) is 75.7 Å². The predicted octanol–water partition coefficient (Wildman–Crippen LogP) is 3.45. The maximum atomic E-state index is 11.8. The molecule has 9 heteroatoms. The lowest BCUT2D eigenvalue weighted by molar-refractivity contribution is 0.607. The van der Waals surface area contributed by atoms with Crippen LogP contribution in [0.3, 0.4) is 0 Å². The van der Waals surface area contributed by atoms with Gasteiger partial charge in [-0.05, 0) is 35.9 Å². The van der Waals surface area contributed by atoms with E-state index in [1.54, 1.807) is 42.6 Å². The third-order valence-corrected chi connectivity index (χ3v) is 6.53. The van der Waals surface area contributed by atoms with Crippen molar-refractivity contribution in [2.24, 2.45) is 0 Å². The molecule has 0 aliphatic rings. The second-order valence-corrected chi connectivity index (χ2v) is 10.8. The minimum absolute atomic E-state index is 0.330. The first kappa shape index (κ1) is 22.0. The first-order valence-corrected chi connectivity index (χ1v) is 12.7. The molecule has 31 heavy (non-hydrogen) atoms. The molecule has 1 heterocycles. The van der Waals surface area contributed by atoms with Gasteiger partial charge in [0.05, 0.1) is 5.52 Å². The van der Waals surface area contributed by atoms with Gasteiger partial charge in [-0.2, -0.15) is 10.5 Å². The van der Waals surface area contributed by atoms with Crippen molar-refractivity contribution in [3.63, 3.8) is 0 Å². The van der Waals surface area contributed by atoms with Crippen molar-refractivity contribution < 1.29 is 16.8 Å². The van der Waals surface area contributed by atoms with Crippen LogP contribution < -0.4 is 0 Å². The van der Waals surface area contributed by atoms with Gasteiger partial charge in [0.2, 0.25) is 0 Å². The zero-order valence-electron chi connectivity index (χ0n) is 16.6. The number of benzene rings is 2. The van der Waals surface area contributed by atoms with Crippen molar-refractivity contribution in [1.29, 1.82) is 10.5 Å². The summed E-state index contributed by atoms with van der Waals surface area (Å²) in [6, 6.07) is 17.6. The van der Waals surface area contributed by atoms with Gasteiger partial charge in [-0.3, -0.25) is 0 Å². The van der Waals surface area contributed by atoms with Gasteiger partial charge in [-0.15, -0.1) is 0 Å². The lowest BCUT2D eigenvalue weighted by Crippen LogP contribution is -1.98. The van der Waals surface area contributed by atoms with Crippen molar-refractivity contribution in [3.8, 4) is 17.8 Å². The number of hydrogen-bond donors (Lipinski definition) is 0. The Hall–Kier alpha value is -3.66. The average Bonchev–Trinajstić information content (AvgIpc) is 3.07. The van der Waals surface area contributed by atoms with E-state index in [2.05, 4.69) is 0 Å². The molecule has 0 bridgehead atoms. The van der Waals surface area contributed by atoms with Gasteiger partial charge in [0.25, 0.3) is 0 Å². The summed E-state index contributed by atoms with van der Waals surface area (Å²) in [5.74, 6) is 0. The number of nitrogens with zero attached hydrogens (tertiary/aromatic N) is 3. The SMILES string of the molecule is CS(=O)(=O)C(C#N)=Cc1ccc(-n2cc(C=C(C#N)S(C)(=O)=O)c3ccccc32)cc1. The molecule has 0 saturated heterocycles. The molecule has 0 spiro atoms. The molecule has 156 valence electrons. The number of hydrogen-bond acceptors (Lipinski definition) is 6. The van der Waals surface area contributed by atoms with Crippen LogP contribution in [0, 0.1) is 22.7 Å². The molecule has 0 N–H and O–H groups in total. The second kappa shape index (κ2) is 8.23. The van der Waals surface area contributed by atoms with E-state index in [4.69, 9.17) is 5.26 Å². The van der Waals surface area contributed by atoms with Crippen LogP contribution in [0.5, 0.6) is 0 Å². The van der Waals surface area contributed by atoms with Crippen LogP contribution >= 0.6 is 0 Å². The van der Waals surface area contributed by atoms with Gasteiger partial charge >= 0.3 is 0 Å². The number of para-hydroxylation sites is 1. The predicted molar refractivity (Wildman–Crippen MR) is 120 cm³/mol. The highest BCUT2D eigenvalue weighted by Crippen LogP contribution is 2.27. The van der Waals surface area contributed by atoms with E-state index in [9.17, 15) is 22.1 Å². The molecular weight excluding hydrogens is 434 g/mol. The van der Waals surface area contributed by atoms with Crippen LogP contribution in [-0.4, -0.2) is 33.9 Å². The molecule has 0 amide bonds. The van der Waals surface area contributed by atoms with Gasteiger partial charge in [0, 0.05) is 35.3 Å². The molecule has 0 aliphatic heterocycles. The number of fused-ring (bicyclic) bond motifs is 1. The minimum Gasteiger partial charge on any atom is -0.316 e. The monoisotopic (exact) mass is 451 g/mol. The molecule has 0 radical (unpaired) electrons. The molecule has 0 saturated carbocycles. The van der Waals surface area contributed by atoms with E-state index in [0.717, 1.165) is 29.1 Å². The van der Waals surface area contributed by atoms with Gasteiger partial charge in [0.1, 0.15) is 21.9 Å². The average molecular weight is 452 g/mol. The molecule has 0 atom stereocenters. The Kier molecular flexibility index (Phi) is 5.85. The summed E-state index contributed by atoms with van der Waals surface area (Å²) in [5.41, 5.74) is 2.66. The standard InChI is InChI=1S/C22H17N3O4S2/c1-30(26,27)19(13-23)11-16-7-9-18(10-8-16)25-15-17(12-20(14-24)31(2,28)29)21-5-3-4-6-22(21)25/h3-12,15H,1-2H3. The van der Waals surface area contributed by atoms with E-state index in [1.165, 1.54) is 12.2 Å². The van der Waals surface area contributed by atoms with E-state index >= 15 is 0 Å². The summed E-state index contributed by atoms with van der Waals surface area (Å²) >= 11 is 0. The number of allylic oxidation sites excluding steroid dienone is 2. The summed E-state index contributed by atoms with van der Waals surface area (Å²) < 4.78 is 48.7. The first-order valence-electron chi connectivity index (χ1n) is 8.89. The Morgan fingerprint density at radius 1 is 0.839 bits per heavy atom. The molecule has 2 aromatic carbocycles. The van der Waals surface area contributed by atoms with Gasteiger partial charge in [0.15, 0.2) is 19.7 Å². The Balaban J connectivity index is 2.13. The molecule has 3 rings (SSSR count). The van der Waals surface area contributed by atoms with Crippen molar-refractivity contribution >= 4 is 42.7 Å². The summed E-state index contributed by atoms with van der Waals surface area (Å²) in [7, 11) is -7.27. The third-order valence-electron chi connectivity index (χ3n) is 4.52. The maximum absolute atomic E-state index is 11.8. The number of aromatic nitrogens is 1. The van der Waals surface area contributed by atoms with Crippen LogP contribution in [0.1, 0.15) is 11.1 Å². The topological polar surface area (TPSA) is 121 Å². The zero-order valence-corrected chi connectivity index (χ0v) is 18.3. The molecule has 0 aliphatic carbocycles. The van der Waals surface area contributed by atoms with E-state index in [-0.39, 0.29) is 9.81 Å². The first-order chi connectivity index (χ1) is 14.5. The van der Waals surface area contributed by atoms with Gasteiger partial charge in [-0.25, -0.2) is 16.8 Å². The van der Waals surface area contributed by atoms with Gasteiger partial charge in [-0.1, -0.05) is 30.3 Å². The quantitative estimate of drug-likeness (QED) is 0.548. The molecular formula is C22H17N3O4S2. The summed E-state index contributed by atoms with van der Waals surface area (Å²) in [4.78, 5) is -0.662. The van der Waals surface area contributed by atoms with Crippen LogP contribution in [-0.2, 0) is 19.7 Å². The van der Waals surface area contributed by atoms with Crippen LogP contribution in [0.2, 0.25) is 0 Å². The highest BCUT2D eigenvalue weighted by Gasteiger charge is 2.14. The molecule has 0 fully saturated rings. The van der Waals surface area contributed by atoms with E-state index in [1.807, 2.05) is 28.8 Å². The molecule has 7 nitrogen and oxygen atoms in total. The zero-order chi connectivity index (χ0) is 22.8. The van der Waals surface area contributed by atoms with Crippen molar-refractivity contribution in [1.82, 2.24) is 4.57 Å².